The molecule has 1 amide bonds. The van der Waals surface area contributed by atoms with Crippen molar-refractivity contribution >= 4 is 5.91 Å². The molecule has 23 heavy (non-hydrogen) atoms. The Hall–Kier alpha value is -2.51. The average molecular weight is 328 g/mol. The number of halogens is 3. The second kappa shape index (κ2) is 6.31. The molecule has 5 nitrogen and oxygen atoms in total. The van der Waals surface area contributed by atoms with E-state index in [0.717, 1.165) is 10.6 Å². The fourth-order valence-electron chi connectivity index (χ4n) is 2.02. The highest BCUT2D eigenvalue weighted by atomic mass is 19.4. The number of alkyl halides is 3. The fourth-order valence-corrected chi connectivity index (χ4v) is 2.02. The van der Waals surface area contributed by atoms with Crippen molar-refractivity contribution in [3.8, 4) is 0 Å². The van der Waals surface area contributed by atoms with Crippen LogP contribution in [-0.4, -0.2) is 22.4 Å². The van der Waals surface area contributed by atoms with Gasteiger partial charge in [0, 0.05) is 19.3 Å². The average Bonchev–Trinajstić information content (AvgIpc) is 3.00. The lowest BCUT2D eigenvalue weighted by Gasteiger charge is -2.23. The lowest BCUT2D eigenvalue weighted by molar-refractivity contribution is -0.139. The molecule has 1 atom stereocenters. The maximum Gasteiger partial charge on any atom is 0.417 e. The van der Waals surface area contributed by atoms with E-state index in [2.05, 4.69) is 0 Å². The first kappa shape index (κ1) is 16.9. The Morgan fingerprint density at radius 1 is 1.35 bits per heavy atom. The number of pyridine rings is 1. The summed E-state index contributed by atoms with van der Waals surface area (Å²) in [5, 5.41) is 0. The van der Waals surface area contributed by atoms with Gasteiger partial charge in [0.2, 0.25) is 5.91 Å². The van der Waals surface area contributed by atoms with Gasteiger partial charge < -0.3 is 13.9 Å². The maximum atomic E-state index is 12.7. The molecular weight excluding hydrogens is 313 g/mol. The molecular formula is C15H15F3N2O3. The summed E-state index contributed by atoms with van der Waals surface area (Å²) in [5.74, 6) is 0.0348. The predicted octanol–water partition coefficient (Wildman–Crippen LogP) is 2.68. The van der Waals surface area contributed by atoms with Gasteiger partial charge in [-0.15, -0.1) is 0 Å². The zero-order chi connectivity index (χ0) is 17.2. The minimum Gasteiger partial charge on any atom is -0.467 e. The summed E-state index contributed by atoms with van der Waals surface area (Å²) in [6, 6.07) is 4.44. The summed E-state index contributed by atoms with van der Waals surface area (Å²) >= 11 is 0. The molecule has 1 unspecified atom stereocenters. The number of hydrogen-bond acceptors (Lipinski definition) is 3. The van der Waals surface area contributed by atoms with E-state index in [1.807, 2.05) is 0 Å². The van der Waals surface area contributed by atoms with Crippen molar-refractivity contribution in [3.63, 3.8) is 0 Å². The maximum absolute atomic E-state index is 12.7. The van der Waals surface area contributed by atoms with E-state index in [9.17, 15) is 22.8 Å². The second-order valence-corrected chi connectivity index (χ2v) is 5.08. The summed E-state index contributed by atoms with van der Waals surface area (Å²) in [6.45, 7) is 1.23. The Morgan fingerprint density at radius 3 is 2.61 bits per heavy atom. The van der Waals surface area contributed by atoms with Crippen LogP contribution in [0.5, 0.6) is 0 Å². The Labute approximate surface area is 129 Å². The van der Waals surface area contributed by atoms with E-state index in [4.69, 9.17) is 4.42 Å². The Bertz CT molecular complexity index is 735. The predicted molar refractivity (Wildman–Crippen MR) is 75.6 cm³/mol. The summed E-state index contributed by atoms with van der Waals surface area (Å²) < 4.78 is 44.0. The van der Waals surface area contributed by atoms with Gasteiger partial charge in [0.05, 0.1) is 17.9 Å². The lowest BCUT2D eigenvalue weighted by atomic mass is 10.2. The number of nitrogens with zero attached hydrogens (tertiary/aromatic N) is 2. The van der Waals surface area contributed by atoms with Crippen molar-refractivity contribution in [2.45, 2.75) is 25.7 Å². The molecule has 0 saturated heterocycles. The fraction of sp³-hybridized carbons (Fsp3) is 0.333. The zero-order valence-corrected chi connectivity index (χ0v) is 12.5. The molecule has 0 bridgehead atoms. The summed E-state index contributed by atoms with van der Waals surface area (Å²) in [5.41, 5.74) is -1.66. The zero-order valence-electron chi connectivity index (χ0n) is 12.5. The number of rotatable bonds is 4. The molecule has 2 aromatic heterocycles. The summed E-state index contributed by atoms with van der Waals surface area (Å²) in [4.78, 5) is 25.2. The highest BCUT2D eigenvalue weighted by Gasteiger charge is 2.31. The summed E-state index contributed by atoms with van der Waals surface area (Å²) in [7, 11) is 1.49. The summed E-state index contributed by atoms with van der Waals surface area (Å²) in [6.07, 6.45) is -2.47. The molecule has 0 saturated carbocycles. The molecule has 0 spiro atoms. The van der Waals surface area contributed by atoms with Crippen LogP contribution in [0.15, 0.2) is 45.9 Å². The Balaban J connectivity index is 2.18. The lowest BCUT2D eigenvalue weighted by Crippen LogP contribution is -2.35. The van der Waals surface area contributed by atoms with Crippen LogP contribution in [0.1, 0.15) is 24.3 Å². The Morgan fingerprint density at radius 2 is 2.04 bits per heavy atom. The van der Waals surface area contributed by atoms with E-state index < -0.39 is 35.8 Å². The third-order valence-electron chi connectivity index (χ3n) is 3.55. The van der Waals surface area contributed by atoms with Crippen LogP contribution in [0, 0.1) is 0 Å². The molecule has 0 aliphatic heterocycles. The SMILES string of the molecule is CC(c1ccco1)N(C)C(=O)Cn1cc(C(F)(F)F)ccc1=O. The van der Waals surface area contributed by atoms with Crippen molar-refractivity contribution in [3.05, 3.63) is 58.4 Å². The van der Waals surface area contributed by atoms with Crippen molar-refractivity contribution < 1.29 is 22.4 Å². The van der Waals surface area contributed by atoms with Crippen LogP contribution in [0.25, 0.3) is 0 Å². The molecule has 0 radical (unpaired) electrons. The molecule has 124 valence electrons. The van der Waals surface area contributed by atoms with Gasteiger partial charge in [-0.05, 0) is 25.1 Å². The number of carbonyl (C=O) groups is 1. The van der Waals surface area contributed by atoms with Gasteiger partial charge in [-0.3, -0.25) is 9.59 Å². The number of hydrogen-bond donors (Lipinski definition) is 0. The van der Waals surface area contributed by atoms with Crippen molar-refractivity contribution in [2.24, 2.45) is 0 Å². The normalized spacial score (nSPS) is 12.9. The third-order valence-corrected chi connectivity index (χ3v) is 3.55. The number of aromatic nitrogens is 1. The monoisotopic (exact) mass is 328 g/mol. The number of likely N-dealkylation sites (N-methyl/N-ethyl adjacent to an activating group) is 1. The first-order valence-corrected chi connectivity index (χ1v) is 6.77. The topological polar surface area (TPSA) is 55.5 Å². The minimum atomic E-state index is -4.58. The van der Waals surface area contributed by atoms with E-state index in [-0.39, 0.29) is 0 Å². The first-order chi connectivity index (χ1) is 10.7. The van der Waals surface area contributed by atoms with Crippen molar-refractivity contribution in [1.82, 2.24) is 9.47 Å². The van der Waals surface area contributed by atoms with Gasteiger partial charge in [0.1, 0.15) is 12.3 Å². The van der Waals surface area contributed by atoms with E-state index >= 15 is 0 Å². The highest BCUT2D eigenvalue weighted by molar-refractivity contribution is 5.76. The molecule has 0 N–H and O–H groups in total. The number of furan rings is 1. The van der Waals surface area contributed by atoms with Crippen LogP contribution in [0.2, 0.25) is 0 Å². The van der Waals surface area contributed by atoms with Crippen LogP contribution < -0.4 is 5.56 Å². The smallest absolute Gasteiger partial charge is 0.417 e. The molecule has 0 fully saturated rings. The van der Waals surface area contributed by atoms with Gasteiger partial charge in [0.15, 0.2) is 0 Å². The standard InChI is InChI=1S/C15H15F3N2O3/c1-10(12-4-3-7-23-12)19(2)14(22)9-20-8-11(15(16,17)18)5-6-13(20)21/h3-8,10H,9H2,1-2H3. The van der Waals surface area contributed by atoms with E-state index in [1.165, 1.54) is 18.2 Å². The minimum absolute atomic E-state index is 0.404. The second-order valence-electron chi connectivity index (χ2n) is 5.08. The van der Waals surface area contributed by atoms with Gasteiger partial charge in [-0.2, -0.15) is 13.2 Å². The van der Waals surface area contributed by atoms with Crippen LogP contribution in [-0.2, 0) is 17.5 Å². The molecule has 2 aromatic rings. The van der Waals surface area contributed by atoms with E-state index in [1.54, 1.807) is 19.1 Å². The van der Waals surface area contributed by atoms with Crippen LogP contribution in [0.3, 0.4) is 0 Å². The van der Waals surface area contributed by atoms with Gasteiger partial charge >= 0.3 is 6.18 Å². The van der Waals surface area contributed by atoms with Gasteiger partial charge in [0.25, 0.3) is 5.56 Å². The van der Waals surface area contributed by atoms with Gasteiger partial charge in [-0.25, -0.2) is 0 Å². The third kappa shape index (κ3) is 3.82. The molecule has 2 rings (SSSR count). The first-order valence-electron chi connectivity index (χ1n) is 6.77. The quantitative estimate of drug-likeness (QED) is 0.867. The molecule has 0 aliphatic carbocycles. The molecule has 8 heteroatoms. The highest BCUT2D eigenvalue weighted by Crippen LogP contribution is 2.28. The van der Waals surface area contributed by atoms with Crippen LogP contribution in [0.4, 0.5) is 13.2 Å². The molecule has 0 aromatic carbocycles. The Kier molecular flexibility index (Phi) is 4.63. The number of carbonyl (C=O) groups excluding carboxylic acids is 1. The van der Waals surface area contributed by atoms with Gasteiger partial charge in [-0.1, -0.05) is 0 Å². The largest absolute Gasteiger partial charge is 0.467 e. The van der Waals surface area contributed by atoms with Crippen molar-refractivity contribution in [1.29, 1.82) is 0 Å². The van der Waals surface area contributed by atoms with Crippen molar-refractivity contribution in [2.75, 3.05) is 7.05 Å². The molecule has 0 aliphatic rings. The number of amides is 1. The van der Waals surface area contributed by atoms with E-state index in [0.29, 0.717) is 18.0 Å². The van der Waals surface area contributed by atoms with Crippen LogP contribution >= 0.6 is 0 Å². The molecule has 2 heterocycles.